The molecule has 1 amide bonds. The lowest BCUT2D eigenvalue weighted by atomic mass is 9.63. The van der Waals surface area contributed by atoms with Crippen LogP contribution >= 0.6 is 11.6 Å². The molecule has 12 heteroatoms. The Kier molecular flexibility index (Phi) is 10.9. The fraction of sp³-hybridized carbons (Fsp3) is 0.643. The summed E-state index contributed by atoms with van der Waals surface area (Å²) >= 11 is 6.51. The molecule has 1 N–H and O–H groups in total. The van der Waals surface area contributed by atoms with E-state index >= 15 is 0 Å². The minimum Gasteiger partial charge on any atom is -0.490 e. The number of methoxy groups -OCH3 is 1. The number of aryl methyl sites for hydroxylation is 1. The van der Waals surface area contributed by atoms with Crippen molar-refractivity contribution in [3.63, 3.8) is 0 Å². The minimum atomic E-state index is -3.96. The van der Waals surface area contributed by atoms with Gasteiger partial charge in [0.15, 0.2) is 0 Å². The van der Waals surface area contributed by atoms with Crippen molar-refractivity contribution in [2.24, 2.45) is 23.7 Å². The van der Waals surface area contributed by atoms with Crippen LogP contribution in [0.25, 0.3) is 0 Å². The topological polar surface area (TPSA) is 101 Å². The summed E-state index contributed by atoms with van der Waals surface area (Å²) in [7, 11) is -2.10. The molecule has 294 valence electrons. The lowest BCUT2D eigenvalue weighted by molar-refractivity contribution is -0.0978. The van der Waals surface area contributed by atoms with Crippen LogP contribution in [0.3, 0.4) is 0 Å². The van der Waals surface area contributed by atoms with E-state index in [4.69, 9.17) is 25.8 Å². The second-order valence-corrected chi connectivity index (χ2v) is 19.6. The molecule has 2 bridgehead atoms. The molecule has 1 spiro atoms. The Morgan fingerprint density at radius 3 is 2.56 bits per heavy atom. The van der Waals surface area contributed by atoms with Crippen LogP contribution in [-0.2, 0) is 31.3 Å². The van der Waals surface area contributed by atoms with Crippen molar-refractivity contribution in [2.75, 3.05) is 84.2 Å². The Hall–Kier alpha value is -2.67. The van der Waals surface area contributed by atoms with Crippen molar-refractivity contribution >= 4 is 33.2 Å². The maximum absolute atomic E-state index is 13.7. The number of ether oxygens (including phenoxy) is 3. The number of benzene rings is 2. The third-order valence-electron chi connectivity index (χ3n) is 13.8. The molecular formula is C42H57ClN4O6S. The van der Waals surface area contributed by atoms with Crippen molar-refractivity contribution < 1.29 is 27.4 Å². The van der Waals surface area contributed by atoms with E-state index in [2.05, 4.69) is 43.7 Å². The molecule has 2 saturated heterocycles. The molecule has 4 heterocycles. The van der Waals surface area contributed by atoms with Gasteiger partial charge in [0.05, 0.1) is 30.8 Å². The number of sulfonamides is 1. The van der Waals surface area contributed by atoms with Gasteiger partial charge in [-0.15, -0.1) is 0 Å². The van der Waals surface area contributed by atoms with Crippen LogP contribution < -0.4 is 14.4 Å². The van der Waals surface area contributed by atoms with Crippen molar-refractivity contribution in [1.82, 2.24) is 14.5 Å². The van der Waals surface area contributed by atoms with Gasteiger partial charge in [0.1, 0.15) is 11.4 Å². The van der Waals surface area contributed by atoms with E-state index in [0.29, 0.717) is 30.4 Å². The molecule has 6 atom stereocenters. The maximum Gasteiger partial charge on any atom is 0.264 e. The van der Waals surface area contributed by atoms with Crippen LogP contribution in [0.5, 0.6) is 5.75 Å². The minimum absolute atomic E-state index is 0.217. The summed E-state index contributed by atoms with van der Waals surface area (Å²) in [6.07, 6.45) is 10.1. The summed E-state index contributed by atoms with van der Waals surface area (Å²) in [5.74, 6) is 1.15. The van der Waals surface area contributed by atoms with Crippen LogP contribution in [0.4, 0.5) is 5.69 Å². The number of carbonyl (C=O) groups excluding carboxylic acids is 1. The van der Waals surface area contributed by atoms with Gasteiger partial charge in [-0.05, 0) is 105 Å². The average molecular weight is 781 g/mol. The number of rotatable bonds is 5. The largest absolute Gasteiger partial charge is 0.490 e. The van der Waals surface area contributed by atoms with E-state index in [9.17, 15) is 13.2 Å². The number of nitrogens with zero attached hydrogens (tertiary/aromatic N) is 3. The van der Waals surface area contributed by atoms with Gasteiger partial charge < -0.3 is 24.0 Å². The zero-order valence-corrected chi connectivity index (χ0v) is 33.7. The van der Waals surface area contributed by atoms with Crippen molar-refractivity contribution in [2.45, 2.75) is 68.6 Å². The molecule has 54 heavy (non-hydrogen) atoms. The Balaban J connectivity index is 1.15. The van der Waals surface area contributed by atoms with Crippen LogP contribution in [-0.4, -0.2) is 114 Å². The number of anilines is 1. The molecular weight excluding hydrogens is 724 g/mol. The Morgan fingerprint density at radius 1 is 1.04 bits per heavy atom. The lowest BCUT2D eigenvalue weighted by Crippen LogP contribution is -2.59. The zero-order valence-electron chi connectivity index (χ0n) is 32.1. The number of allylic oxidation sites excluding steroid dienone is 1. The number of amides is 1. The summed E-state index contributed by atoms with van der Waals surface area (Å²) in [5, 5.41) is -0.0273. The third-order valence-corrected chi connectivity index (χ3v) is 15.9. The molecule has 0 radical (unpaired) electrons. The number of hydrogen-bond acceptors (Lipinski definition) is 9. The summed E-state index contributed by atoms with van der Waals surface area (Å²) in [4.78, 5) is 21.3. The Labute approximate surface area is 326 Å². The summed E-state index contributed by atoms with van der Waals surface area (Å²) in [5.41, 5.74) is 2.91. The Bertz CT molecular complexity index is 1850. The molecule has 0 unspecified atom stereocenters. The number of piperazine rings is 1. The monoisotopic (exact) mass is 780 g/mol. The molecule has 10 nitrogen and oxygen atoms in total. The van der Waals surface area contributed by atoms with E-state index in [1.165, 1.54) is 11.1 Å². The standard InChI is InChI=1S/C42H57ClN4O6S/c1-29-6-4-15-42(51-3,27-46-18-16-45(17-19-46)22-31-24-52-25-31)37-11-8-34(37)23-47-26-41(14-5-7-32-20-35(43)10-12-36(32)41)28-53-39-13-9-33(21-38(39)47)40(48)44-54(49,50)30(29)2/h4,9-10,12-13,15,20-21,29-31,34,37H,5-8,11,14,16-19,22-28H2,1-3H3,(H,44,48)/b15-4-/t29-,30+,34-,37+,41-,42+/m0/s1. The Morgan fingerprint density at radius 2 is 1.83 bits per heavy atom. The predicted molar refractivity (Wildman–Crippen MR) is 212 cm³/mol. The van der Waals surface area contributed by atoms with Crippen molar-refractivity contribution in [3.8, 4) is 5.75 Å². The smallest absolute Gasteiger partial charge is 0.264 e. The van der Waals surface area contributed by atoms with Gasteiger partial charge in [0.2, 0.25) is 10.0 Å². The molecule has 0 aromatic heterocycles. The van der Waals surface area contributed by atoms with Gasteiger partial charge in [-0.2, -0.15) is 0 Å². The molecule has 1 saturated carbocycles. The average Bonchev–Trinajstić information content (AvgIpc) is 3.27. The highest BCUT2D eigenvalue weighted by Gasteiger charge is 2.50. The molecule has 8 rings (SSSR count). The van der Waals surface area contributed by atoms with Gasteiger partial charge in [0, 0.05) is 81.4 Å². The second-order valence-electron chi connectivity index (χ2n) is 17.2. The van der Waals surface area contributed by atoms with Gasteiger partial charge in [-0.3, -0.25) is 9.69 Å². The lowest BCUT2D eigenvalue weighted by Gasteiger charge is -2.52. The first-order valence-corrected chi connectivity index (χ1v) is 22.0. The second kappa shape index (κ2) is 15.3. The van der Waals surface area contributed by atoms with E-state index in [1.54, 1.807) is 13.0 Å². The van der Waals surface area contributed by atoms with Gasteiger partial charge in [-0.1, -0.05) is 36.7 Å². The molecule has 6 aliphatic rings. The van der Waals surface area contributed by atoms with Crippen LogP contribution in [0.1, 0.15) is 67.4 Å². The summed E-state index contributed by atoms with van der Waals surface area (Å²) < 4.78 is 48.5. The normalized spacial score (nSPS) is 34.0. The van der Waals surface area contributed by atoms with E-state index in [-0.39, 0.29) is 17.3 Å². The summed E-state index contributed by atoms with van der Waals surface area (Å²) in [6, 6.07) is 11.7. The fourth-order valence-corrected chi connectivity index (χ4v) is 11.5. The third kappa shape index (κ3) is 7.45. The van der Waals surface area contributed by atoms with Crippen LogP contribution in [0.2, 0.25) is 5.02 Å². The molecule has 2 aromatic rings. The van der Waals surface area contributed by atoms with Crippen molar-refractivity contribution in [1.29, 1.82) is 0 Å². The number of nitrogens with one attached hydrogen (secondary N) is 1. The predicted octanol–water partition coefficient (Wildman–Crippen LogP) is 5.53. The fourth-order valence-electron chi connectivity index (χ4n) is 10.0. The highest BCUT2D eigenvalue weighted by Crippen LogP contribution is 2.49. The number of carbonyl (C=O) groups is 1. The highest BCUT2D eigenvalue weighted by molar-refractivity contribution is 7.90. The van der Waals surface area contributed by atoms with Gasteiger partial charge >= 0.3 is 0 Å². The number of halogens is 1. The van der Waals surface area contributed by atoms with Gasteiger partial charge in [0.25, 0.3) is 5.91 Å². The first kappa shape index (κ1) is 38.2. The van der Waals surface area contributed by atoms with Gasteiger partial charge in [-0.25, -0.2) is 13.1 Å². The molecule has 2 aromatic carbocycles. The maximum atomic E-state index is 13.7. The van der Waals surface area contributed by atoms with Crippen LogP contribution in [0.15, 0.2) is 48.6 Å². The zero-order chi connectivity index (χ0) is 37.7. The molecule has 2 aliphatic carbocycles. The summed E-state index contributed by atoms with van der Waals surface area (Å²) in [6.45, 7) is 13.3. The quantitative estimate of drug-likeness (QED) is 0.393. The number of hydrogen-bond donors (Lipinski definition) is 1. The van der Waals surface area contributed by atoms with E-state index in [1.807, 2.05) is 32.2 Å². The molecule has 4 aliphatic heterocycles. The van der Waals surface area contributed by atoms with E-state index < -0.39 is 26.8 Å². The highest BCUT2D eigenvalue weighted by atomic mass is 35.5. The van der Waals surface area contributed by atoms with E-state index in [0.717, 1.165) is 114 Å². The molecule has 3 fully saturated rings. The van der Waals surface area contributed by atoms with Crippen LogP contribution in [0, 0.1) is 23.7 Å². The SMILES string of the molecule is CO[C@@]1(CN2CCN(CC3COC3)CC2)/C=C\C[C@H](C)[C@@H](C)S(=O)(=O)NC(=O)c2ccc3c(c2)N(C[C@@H]2CC[C@H]21)C[C@@]1(CCCc2cc(Cl)ccc21)CO3. The first-order chi connectivity index (χ1) is 26.0. The van der Waals surface area contributed by atoms with Crippen molar-refractivity contribution in [3.05, 3.63) is 70.3 Å². The first-order valence-electron chi connectivity index (χ1n) is 20.1. The number of fused-ring (bicyclic) bond motifs is 4.